The normalized spacial score (nSPS) is 25.7. The lowest BCUT2D eigenvalue weighted by atomic mass is 9.95. The number of hydrogen-bond acceptors (Lipinski definition) is 2. The van der Waals surface area contributed by atoms with Crippen LogP contribution in [-0.4, -0.2) is 35.6 Å². The first kappa shape index (κ1) is 20.0. The molecule has 3 nitrogen and oxygen atoms in total. The molecular weight excluding hydrogens is 286 g/mol. The molecule has 1 heterocycles. The topological polar surface area (TPSA) is 32.8 Å². The molecule has 0 aromatic heterocycles. The van der Waals surface area contributed by atoms with Gasteiger partial charge in [0.15, 0.2) is 0 Å². The average molecular weight is 322 g/mol. The van der Waals surface area contributed by atoms with Gasteiger partial charge in [-0.3, -0.25) is 4.79 Å². The van der Waals surface area contributed by atoms with E-state index in [1.807, 2.05) is 25.7 Å². The zero-order chi connectivity index (χ0) is 17.5. The van der Waals surface area contributed by atoms with Crippen LogP contribution in [0, 0.1) is 5.92 Å². The van der Waals surface area contributed by atoms with E-state index in [0.29, 0.717) is 12.0 Å². The van der Waals surface area contributed by atoms with Crippen molar-refractivity contribution in [3.63, 3.8) is 0 Å². The Balaban J connectivity index is 2.30. The van der Waals surface area contributed by atoms with E-state index >= 15 is 0 Å². The van der Waals surface area contributed by atoms with Gasteiger partial charge in [-0.1, -0.05) is 26.0 Å². The highest BCUT2D eigenvalue weighted by molar-refractivity contribution is 5.88. The molecule has 0 aromatic carbocycles. The van der Waals surface area contributed by atoms with Crippen molar-refractivity contribution in [2.75, 3.05) is 13.1 Å². The maximum atomic E-state index is 12.0. The van der Waals surface area contributed by atoms with Crippen LogP contribution in [0.3, 0.4) is 0 Å². The Morgan fingerprint density at radius 2 is 1.96 bits per heavy atom. The van der Waals surface area contributed by atoms with Crippen molar-refractivity contribution in [2.24, 2.45) is 5.92 Å². The zero-order valence-electron chi connectivity index (χ0n) is 15.9. The van der Waals surface area contributed by atoms with Gasteiger partial charge in [0.25, 0.3) is 0 Å². The summed E-state index contributed by atoms with van der Waals surface area (Å²) in [6.45, 7) is 14.2. The average Bonchev–Trinajstić information content (AvgIpc) is 3.17. The van der Waals surface area contributed by atoms with Gasteiger partial charge in [0, 0.05) is 19.2 Å². The predicted molar refractivity (Wildman–Crippen MR) is 97.4 cm³/mol. The van der Waals surface area contributed by atoms with Crippen molar-refractivity contribution >= 4 is 5.91 Å². The minimum Gasteiger partial charge on any atom is -0.366 e. The molecule has 1 saturated heterocycles. The van der Waals surface area contributed by atoms with Crippen LogP contribution in [-0.2, 0) is 9.53 Å². The third-order valence-corrected chi connectivity index (χ3v) is 5.00. The van der Waals surface area contributed by atoms with E-state index in [4.69, 9.17) is 4.74 Å². The first-order valence-electron chi connectivity index (χ1n) is 9.17. The van der Waals surface area contributed by atoms with E-state index in [9.17, 15) is 4.79 Å². The molecule has 0 N–H and O–H groups in total. The number of hydrogen-bond donors (Lipinski definition) is 0. The Hall–Kier alpha value is -1.09. The largest absolute Gasteiger partial charge is 0.366 e. The predicted octanol–water partition coefficient (Wildman–Crippen LogP) is 4.73. The lowest BCUT2D eigenvalue weighted by molar-refractivity contribution is -0.125. The van der Waals surface area contributed by atoms with Crippen LogP contribution < -0.4 is 0 Å². The van der Waals surface area contributed by atoms with Crippen molar-refractivity contribution in [1.29, 1.82) is 0 Å². The summed E-state index contributed by atoms with van der Waals surface area (Å²) in [5, 5.41) is 0. The molecule has 0 spiro atoms. The number of allylic oxidation sites excluding steroid dienone is 3. The molecule has 0 aromatic rings. The molecule has 1 rings (SSSR count). The Morgan fingerprint density at radius 1 is 1.30 bits per heavy atom. The quantitative estimate of drug-likeness (QED) is 0.331. The summed E-state index contributed by atoms with van der Waals surface area (Å²) in [5.41, 5.74) is 1.18. The Kier molecular flexibility index (Phi) is 8.04. The molecule has 0 saturated carbocycles. The van der Waals surface area contributed by atoms with E-state index in [-0.39, 0.29) is 11.5 Å². The number of carbonyl (C=O) groups is 1. The number of rotatable bonds is 10. The van der Waals surface area contributed by atoms with Crippen molar-refractivity contribution in [2.45, 2.75) is 78.9 Å². The minimum absolute atomic E-state index is 0.106. The first-order valence-corrected chi connectivity index (χ1v) is 9.17. The van der Waals surface area contributed by atoms with Gasteiger partial charge in [0.05, 0.1) is 11.7 Å². The number of likely N-dealkylation sites (N-methyl/N-ethyl adjacent to an activating group) is 1. The van der Waals surface area contributed by atoms with Crippen molar-refractivity contribution in [3.05, 3.63) is 23.8 Å². The summed E-state index contributed by atoms with van der Waals surface area (Å²) in [4.78, 5) is 13.8. The van der Waals surface area contributed by atoms with Crippen LogP contribution in [0.5, 0.6) is 0 Å². The minimum atomic E-state index is 0.106. The van der Waals surface area contributed by atoms with Gasteiger partial charge in [-0.15, -0.1) is 0 Å². The van der Waals surface area contributed by atoms with Crippen LogP contribution in [0.2, 0.25) is 0 Å². The second-order valence-corrected chi connectivity index (χ2v) is 6.99. The molecule has 23 heavy (non-hydrogen) atoms. The maximum absolute atomic E-state index is 12.0. The molecule has 1 aliphatic rings. The summed E-state index contributed by atoms with van der Waals surface area (Å²) in [6, 6.07) is 0. The highest BCUT2D eigenvalue weighted by atomic mass is 16.6. The summed E-state index contributed by atoms with van der Waals surface area (Å²) in [6.07, 6.45) is 11.0. The van der Waals surface area contributed by atoms with Gasteiger partial charge in [-0.25, -0.2) is 0 Å². The third kappa shape index (κ3) is 6.50. The lowest BCUT2D eigenvalue weighted by Crippen LogP contribution is -2.28. The van der Waals surface area contributed by atoms with E-state index < -0.39 is 0 Å². The number of nitrogens with zero attached hydrogens (tertiary/aromatic N) is 1. The van der Waals surface area contributed by atoms with Crippen molar-refractivity contribution < 1.29 is 9.53 Å². The number of epoxide rings is 1. The summed E-state index contributed by atoms with van der Waals surface area (Å²) in [7, 11) is 0. The standard InChI is InChI=1S/C20H35NO2/c1-7-20(6)18(23-20)14-13-16(4)11-10-12-17(5)15-19(22)21(8-2)9-3/h10,12,15-16,18H,7-9,11,13-14H2,1-6H3. The van der Waals surface area contributed by atoms with Crippen LogP contribution in [0.4, 0.5) is 0 Å². The maximum Gasteiger partial charge on any atom is 0.246 e. The molecular formula is C20H35NO2. The van der Waals surface area contributed by atoms with Crippen molar-refractivity contribution in [1.82, 2.24) is 4.90 Å². The molecule has 3 atom stereocenters. The van der Waals surface area contributed by atoms with Gasteiger partial charge in [0.2, 0.25) is 5.91 Å². The van der Waals surface area contributed by atoms with Crippen LogP contribution >= 0.6 is 0 Å². The van der Waals surface area contributed by atoms with Gasteiger partial charge < -0.3 is 9.64 Å². The molecule has 132 valence electrons. The fourth-order valence-electron chi connectivity index (χ4n) is 2.88. The van der Waals surface area contributed by atoms with Crippen LogP contribution in [0.1, 0.15) is 67.2 Å². The summed E-state index contributed by atoms with van der Waals surface area (Å²) < 4.78 is 5.76. The van der Waals surface area contributed by atoms with E-state index in [0.717, 1.165) is 37.9 Å². The van der Waals surface area contributed by atoms with Crippen LogP contribution in [0.25, 0.3) is 0 Å². The molecule has 1 aliphatic heterocycles. The first-order chi connectivity index (χ1) is 10.9. The molecule has 1 fully saturated rings. The third-order valence-electron chi connectivity index (χ3n) is 5.00. The number of amides is 1. The van der Waals surface area contributed by atoms with Crippen LogP contribution in [0.15, 0.2) is 23.8 Å². The fraction of sp³-hybridized carbons (Fsp3) is 0.750. The highest BCUT2D eigenvalue weighted by Gasteiger charge is 2.49. The lowest BCUT2D eigenvalue weighted by Gasteiger charge is -2.16. The zero-order valence-corrected chi connectivity index (χ0v) is 15.9. The Labute approximate surface area is 142 Å². The molecule has 3 unspecified atom stereocenters. The van der Waals surface area contributed by atoms with E-state index in [1.54, 1.807) is 6.08 Å². The highest BCUT2D eigenvalue weighted by Crippen LogP contribution is 2.42. The summed E-state index contributed by atoms with van der Waals surface area (Å²) in [5.74, 6) is 0.762. The Bertz CT molecular complexity index is 437. The second-order valence-electron chi connectivity index (χ2n) is 6.99. The molecule has 0 bridgehead atoms. The summed E-state index contributed by atoms with van der Waals surface area (Å²) >= 11 is 0. The SMILES string of the molecule is CCN(CC)C(=O)C=C(C)C=CCC(C)CCC1OC1(C)CC. The van der Waals surface area contributed by atoms with Gasteiger partial charge >= 0.3 is 0 Å². The monoisotopic (exact) mass is 321 g/mol. The second kappa shape index (κ2) is 9.27. The van der Waals surface area contributed by atoms with E-state index in [2.05, 4.69) is 32.9 Å². The fourth-order valence-corrected chi connectivity index (χ4v) is 2.88. The van der Waals surface area contributed by atoms with Crippen molar-refractivity contribution in [3.8, 4) is 0 Å². The van der Waals surface area contributed by atoms with Gasteiger partial charge in [-0.2, -0.15) is 0 Å². The number of ether oxygens (including phenoxy) is 1. The van der Waals surface area contributed by atoms with Gasteiger partial charge in [0.1, 0.15) is 0 Å². The molecule has 3 heteroatoms. The molecule has 0 aliphatic carbocycles. The number of carbonyl (C=O) groups excluding carboxylic acids is 1. The molecule has 1 amide bonds. The molecule has 0 radical (unpaired) electrons. The Morgan fingerprint density at radius 3 is 2.48 bits per heavy atom. The smallest absolute Gasteiger partial charge is 0.246 e. The van der Waals surface area contributed by atoms with Gasteiger partial charge in [-0.05, 0) is 64.9 Å². The van der Waals surface area contributed by atoms with E-state index in [1.165, 1.54) is 6.42 Å².